The zero-order valence-electron chi connectivity index (χ0n) is 13.1. The van der Waals surface area contributed by atoms with Crippen molar-refractivity contribution in [1.29, 1.82) is 0 Å². The zero-order valence-corrected chi connectivity index (χ0v) is 16.1. The first kappa shape index (κ1) is 16.9. The number of carbonyl (C=O) groups is 1. The first-order chi connectivity index (χ1) is 11.3. The molecule has 23 heavy (non-hydrogen) atoms. The average Bonchev–Trinajstić information content (AvgIpc) is 3.34. The Kier molecular flexibility index (Phi) is 5.71. The molecule has 2 aliphatic heterocycles. The number of halogens is 1. The molecule has 3 nitrogen and oxygen atoms in total. The summed E-state index contributed by atoms with van der Waals surface area (Å²) in [6.45, 7) is 0. The molecule has 0 radical (unpaired) electrons. The number of fused-ring (bicyclic) bond motifs is 2. The highest BCUT2D eigenvalue weighted by molar-refractivity contribution is 14.1. The number of carbonyl (C=O) groups excluding carboxylic acids is 1. The second-order valence-electron chi connectivity index (χ2n) is 5.89. The summed E-state index contributed by atoms with van der Waals surface area (Å²) in [6.07, 6.45) is 3.52. The van der Waals surface area contributed by atoms with Gasteiger partial charge in [0.25, 0.3) is 5.91 Å². The maximum atomic E-state index is 12.4. The van der Waals surface area contributed by atoms with Gasteiger partial charge in [0.05, 0.1) is 4.88 Å². The van der Waals surface area contributed by atoms with E-state index in [1.54, 1.807) is 11.3 Å². The number of rotatable bonds is 3. The Bertz CT molecular complexity index is 658. The van der Waals surface area contributed by atoms with E-state index in [0.717, 1.165) is 16.2 Å². The van der Waals surface area contributed by atoms with E-state index >= 15 is 0 Å². The van der Waals surface area contributed by atoms with Crippen molar-refractivity contribution in [1.82, 2.24) is 10.6 Å². The van der Waals surface area contributed by atoms with Crippen LogP contribution in [0.3, 0.4) is 0 Å². The lowest BCUT2D eigenvalue weighted by Crippen LogP contribution is -2.42. The summed E-state index contributed by atoms with van der Waals surface area (Å²) >= 11 is 3.72. The summed E-state index contributed by atoms with van der Waals surface area (Å²) < 4.78 is 0. The van der Waals surface area contributed by atoms with Crippen LogP contribution in [0, 0.1) is 0 Å². The van der Waals surface area contributed by atoms with Crippen LogP contribution in [-0.2, 0) is 0 Å². The van der Waals surface area contributed by atoms with E-state index < -0.39 is 0 Å². The Hall–Kier alpha value is -0.920. The molecule has 2 bridgehead atoms. The fourth-order valence-electron chi connectivity index (χ4n) is 3.44. The molecule has 0 spiro atoms. The summed E-state index contributed by atoms with van der Waals surface area (Å²) in [4.78, 5) is 16.3. The van der Waals surface area contributed by atoms with Gasteiger partial charge in [-0.1, -0.05) is 52.9 Å². The molecule has 1 amide bonds. The third-order valence-corrected chi connectivity index (χ3v) is 5.64. The lowest BCUT2D eigenvalue weighted by molar-refractivity contribution is 0.0935. The summed E-state index contributed by atoms with van der Waals surface area (Å²) in [5, 5.41) is 6.75. The molecule has 3 heterocycles. The van der Waals surface area contributed by atoms with Crippen LogP contribution in [0.4, 0.5) is 0 Å². The Morgan fingerprint density at radius 3 is 2.61 bits per heavy atom. The molecular formula is C18H21IN2OS. The Morgan fingerprint density at radius 1 is 1.17 bits per heavy atom. The van der Waals surface area contributed by atoms with Gasteiger partial charge >= 0.3 is 0 Å². The van der Waals surface area contributed by atoms with Crippen LogP contribution < -0.4 is 10.6 Å². The molecule has 122 valence electrons. The van der Waals surface area contributed by atoms with Crippen molar-refractivity contribution in [2.45, 2.75) is 37.4 Å². The number of benzene rings is 1. The molecule has 3 atom stereocenters. The molecule has 2 fully saturated rings. The maximum Gasteiger partial charge on any atom is 0.261 e. The quantitative estimate of drug-likeness (QED) is 0.558. The first-order valence-corrected chi connectivity index (χ1v) is 10.9. The van der Waals surface area contributed by atoms with Crippen LogP contribution in [-0.4, -0.2) is 29.0 Å². The smallest absolute Gasteiger partial charge is 0.261 e. The van der Waals surface area contributed by atoms with E-state index in [1.165, 1.54) is 18.4 Å². The van der Waals surface area contributed by atoms with Crippen LogP contribution in [0.2, 0.25) is 0 Å². The van der Waals surface area contributed by atoms with Crippen molar-refractivity contribution in [3.63, 3.8) is 0 Å². The van der Waals surface area contributed by atoms with Crippen LogP contribution in [0.1, 0.15) is 28.9 Å². The topological polar surface area (TPSA) is 41.1 Å². The van der Waals surface area contributed by atoms with Crippen molar-refractivity contribution in [2.24, 2.45) is 0 Å². The van der Waals surface area contributed by atoms with Crippen molar-refractivity contribution in [3.05, 3.63) is 47.3 Å². The van der Waals surface area contributed by atoms with Gasteiger partial charge in [-0.2, -0.15) is 0 Å². The number of hydrogen-bond acceptors (Lipinski definition) is 3. The maximum absolute atomic E-state index is 12.4. The van der Waals surface area contributed by atoms with Gasteiger partial charge < -0.3 is 10.6 Å². The Morgan fingerprint density at radius 2 is 1.96 bits per heavy atom. The fourth-order valence-corrected chi connectivity index (χ4v) is 4.36. The minimum Gasteiger partial charge on any atom is -0.347 e. The highest BCUT2D eigenvalue weighted by Gasteiger charge is 2.39. The molecule has 1 aromatic heterocycles. The van der Waals surface area contributed by atoms with Gasteiger partial charge in [-0.15, -0.1) is 11.3 Å². The van der Waals surface area contributed by atoms with Crippen LogP contribution in [0.25, 0.3) is 10.4 Å². The SMILES string of the molecule is CI.O=C(N[C@@H]1CC2CCC1N2)c1ccc(-c2ccccc2)s1. The average molecular weight is 440 g/mol. The molecule has 5 heteroatoms. The molecule has 2 unspecified atom stereocenters. The summed E-state index contributed by atoms with van der Waals surface area (Å²) in [6, 6.07) is 15.6. The second kappa shape index (κ2) is 7.77. The number of alkyl halides is 1. The second-order valence-corrected chi connectivity index (χ2v) is 6.98. The molecule has 4 rings (SSSR count). The zero-order chi connectivity index (χ0) is 16.2. The molecule has 2 N–H and O–H groups in total. The lowest BCUT2D eigenvalue weighted by Gasteiger charge is -2.20. The summed E-state index contributed by atoms with van der Waals surface area (Å²) in [5.74, 6) is 0.0709. The van der Waals surface area contributed by atoms with Crippen LogP contribution >= 0.6 is 33.9 Å². The van der Waals surface area contributed by atoms with Gasteiger partial charge in [0, 0.05) is 23.0 Å². The Labute approximate surface area is 155 Å². The van der Waals surface area contributed by atoms with Gasteiger partial charge in [0.1, 0.15) is 0 Å². The van der Waals surface area contributed by atoms with E-state index in [9.17, 15) is 4.79 Å². The minimum atomic E-state index is 0.0709. The number of nitrogens with one attached hydrogen (secondary N) is 2. The molecule has 2 aromatic rings. The normalized spacial score (nSPS) is 24.9. The third-order valence-electron chi connectivity index (χ3n) is 4.50. The minimum absolute atomic E-state index is 0.0709. The van der Waals surface area contributed by atoms with Gasteiger partial charge in [0.2, 0.25) is 0 Å². The van der Waals surface area contributed by atoms with Crippen molar-refractivity contribution in [2.75, 3.05) is 4.93 Å². The molecule has 0 saturated carbocycles. The van der Waals surface area contributed by atoms with Crippen molar-refractivity contribution >= 4 is 39.8 Å². The highest BCUT2D eigenvalue weighted by Crippen LogP contribution is 2.30. The molecule has 2 saturated heterocycles. The molecule has 1 aromatic carbocycles. The standard InChI is InChI=1S/C17H18N2OS.CH3I/c20-17(19-14-10-12-6-7-13(14)18-12)16-9-8-15(21-16)11-4-2-1-3-5-11;1-2/h1-5,8-9,12-14,18H,6-7,10H2,(H,19,20);1H3/t12?,13?,14-;/m1./s1. The predicted molar refractivity (Wildman–Crippen MR) is 106 cm³/mol. The van der Waals surface area contributed by atoms with E-state index in [2.05, 4.69) is 45.4 Å². The Balaban J connectivity index is 0.000000753. The van der Waals surface area contributed by atoms with E-state index in [4.69, 9.17) is 0 Å². The number of thiophene rings is 1. The van der Waals surface area contributed by atoms with Gasteiger partial charge in [-0.25, -0.2) is 0 Å². The van der Waals surface area contributed by atoms with Crippen LogP contribution in [0.15, 0.2) is 42.5 Å². The largest absolute Gasteiger partial charge is 0.347 e. The van der Waals surface area contributed by atoms with Gasteiger partial charge in [-0.05, 0) is 41.9 Å². The summed E-state index contributed by atoms with van der Waals surface area (Å²) in [7, 11) is 0. The fraction of sp³-hybridized carbons (Fsp3) is 0.389. The highest BCUT2D eigenvalue weighted by atomic mass is 127. The van der Waals surface area contributed by atoms with E-state index in [1.807, 2.05) is 35.3 Å². The molecular weight excluding hydrogens is 419 g/mol. The van der Waals surface area contributed by atoms with E-state index in [-0.39, 0.29) is 5.91 Å². The molecule has 2 aliphatic rings. The third kappa shape index (κ3) is 3.78. The number of hydrogen-bond donors (Lipinski definition) is 2. The number of amides is 1. The van der Waals surface area contributed by atoms with Gasteiger partial charge in [0.15, 0.2) is 0 Å². The molecule has 0 aliphatic carbocycles. The monoisotopic (exact) mass is 440 g/mol. The lowest BCUT2D eigenvalue weighted by atomic mass is 9.95. The predicted octanol–water partition coefficient (Wildman–Crippen LogP) is 4.09. The van der Waals surface area contributed by atoms with Crippen molar-refractivity contribution in [3.8, 4) is 10.4 Å². The van der Waals surface area contributed by atoms with Crippen molar-refractivity contribution < 1.29 is 4.79 Å². The van der Waals surface area contributed by atoms with Gasteiger partial charge in [-0.3, -0.25) is 4.79 Å². The van der Waals surface area contributed by atoms with Crippen LogP contribution in [0.5, 0.6) is 0 Å². The van der Waals surface area contributed by atoms with E-state index in [0.29, 0.717) is 18.1 Å². The first-order valence-electron chi connectivity index (χ1n) is 7.89. The summed E-state index contributed by atoms with van der Waals surface area (Å²) in [5.41, 5.74) is 1.17.